The maximum Gasteiger partial charge on any atom is 0.328 e. The largest absolute Gasteiger partial charge is 0.476 e. The van der Waals surface area contributed by atoms with Crippen LogP contribution in [0.3, 0.4) is 0 Å². The highest BCUT2D eigenvalue weighted by Crippen LogP contribution is 2.34. The van der Waals surface area contributed by atoms with Gasteiger partial charge in [0.25, 0.3) is 11.6 Å². The van der Waals surface area contributed by atoms with Gasteiger partial charge < -0.3 is 13.9 Å². The highest BCUT2D eigenvalue weighted by molar-refractivity contribution is 5.78. The molecule has 0 unspecified atom stereocenters. The molecule has 153 valence electrons. The van der Waals surface area contributed by atoms with Crippen LogP contribution >= 0.6 is 0 Å². The Morgan fingerprint density at radius 1 is 1.07 bits per heavy atom. The van der Waals surface area contributed by atoms with E-state index >= 15 is 0 Å². The second-order valence-corrected chi connectivity index (χ2v) is 6.80. The number of aryl methyl sites for hydroxylation is 2. The first-order valence-corrected chi connectivity index (χ1v) is 9.48. The molecule has 0 bridgehead atoms. The van der Waals surface area contributed by atoms with Gasteiger partial charge >= 0.3 is 6.01 Å². The molecule has 1 radical (unpaired) electrons. The zero-order valence-corrected chi connectivity index (χ0v) is 16.7. The predicted octanol–water partition coefficient (Wildman–Crippen LogP) is 5.77. The first-order valence-electron chi connectivity index (χ1n) is 9.48. The summed E-state index contributed by atoms with van der Waals surface area (Å²) >= 11 is 0. The van der Waals surface area contributed by atoms with Gasteiger partial charge in [-0.05, 0) is 55.7 Å². The molecule has 2 heterocycles. The minimum Gasteiger partial charge on any atom is -0.476 e. The summed E-state index contributed by atoms with van der Waals surface area (Å²) in [6.45, 7) is 5.82. The molecule has 0 atom stereocenters. The van der Waals surface area contributed by atoms with Crippen LogP contribution < -0.4 is 9.47 Å². The fraction of sp³-hybridized carbons (Fsp3) is 0.227. The number of halogens is 1. The van der Waals surface area contributed by atoms with Crippen molar-refractivity contribution in [3.8, 4) is 34.8 Å². The summed E-state index contributed by atoms with van der Waals surface area (Å²) < 4.78 is 31.0. The summed E-state index contributed by atoms with van der Waals surface area (Å²) in [7, 11) is 0. The zero-order valence-electron chi connectivity index (χ0n) is 16.7. The van der Waals surface area contributed by atoms with Gasteiger partial charge in [-0.2, -0.15) is 9.97 Å². The molecule has 0 aliphatic carbocycles. The van der Waals surface area contributed by atoms with Gasteiger partial charge in [0.15, 0.2) is 22.8 Å². The van der Waals surface area contributed by atoms with E-state index in [2.05, 4.69) is 15.0 Å². The molecule has 4 rings (SSSR count). The average molecular weight is 408 g/mol. The number of rotatable bonds is 6. The minimum atomic E-state index is -0.542. The minimum absolute atomic E-state index is 0.0182. The second-order valence-electron chi connectivity index (χ2n) is 6.80. The quantitative estimate of drug-likeness (QED) is 0.402. The molecule has 0 fully saturated rings. The fourth-order valence-electron chi connectivity index (χ4n) is 2.95. The normalized spacial score (nSPS) is 11.1. The van der Waals surface area contributed by atoms with E-state index in [9.17, 15) is 9.50 Å². The van der Waals surface area contributed by atoms with E-state index in [-0.39, 0.29) is 35.0 Å². The van der Waals surface area contributed by atoms with Crippen molar-refractivity contribution in [2.45, 2.75) is 27.2 Å². The van der Waals surface area contributed by atoms with E-state index in [1.54, 1.807) is 38.1 Å². The molecule has 0 N–H and O–H groups in total. The van der Waals surface area contributed by atoms with Gasteiger partial charge in [-0.3, -0.25) is 5.11 Å². The second kappa shape index (κ2) is 7.98. The number of hydrogen-bond donors (Lipinski definition) is 0. The van der Waals surface area contributed by atoms with E-state index < -0.39 is 5.82 Å². The lowest BCUT2D eigenvalue weighted by atomic mass is 10.1. The summed E-state index contributed by atoms with van der Waals surface area (Å²) in [5.41, 5.74) is 2.27. The van der Waals surface area contributed by atoms with Crippen molar-refractivity contribution in [3.05, 3.63) is 53.3 Å². The third-order valence-corrected chi connectivity index (χ3v) is 4.39. The van der Waals surface area contributed by atoms with Crippen molar-refractivity contribution >= 4 is 11.2 Å². The summed E-state index contributed by atoms with van der Waals surface area (Å²) in [5.74, 6) is -0.136. The lowest BCUT2D eigenvalue weighted by Crippen LogP contribution is -2.01. The zero-order chi connectivity index (χ0) is 21.3. The van der Waals surface area contributed by atoms with Crippen LogP contribution in [0.25, 0.3) is 22.7 Å². The standard InChI is InChI=1S/C22H19FN3O4/c1-4-9-28-20-17-21(26-22(25-20)29-16-8-6-5-7-15(16)23)30-19(24-17)14-10-12(2)18(27)13(3)11-14/h5-8,10-11H,4,9H2,1-3H3. The Morgan fingerprint density at radius 3 is 2.50 bits per heavy atom. The molecule has 7 nitrogen and oxygen atoms in total. The SMILES string of the molecule is CCCOc1nc(Oc2ccccc2F)nc2oc(-c3cc(C)c([O])c(C)c3)nc12. The molecule has 0 amide bonds. The van der Waals surface area contributed by atoms with Crippen LogP contribution in [0.4, 0.5) is 4.39 Å². The highest BCUT2D eigenvalue weighted by Gasteiger charge is 2.20. The number of nitrogens with zero attached hydrogens (tertiary/aromatic N) is 3. The van der Waals surface area contributed by atoms with Gasteiger partial charge in [0.1, 0.15) is 0 Å². The number of oxazole rings is 1. The molecule has 2 aromatic heterocycles. The van der Waals surface area contributed by atoms with Crippen LogP contribution in [0.1, 0.15) is 24.5 Å². The number of aromatic nitrogens is 3. The lowest BCUT2D eigenvalue weighted by molar-refractivity contribution is 0.301. The molecule has 4 aromatic rings. The van der Waals surface area contributed by atoms with Gasteiger partial charge in [-0.1, -0.05) is 19.1 Å². The van der Waals surface area contributed by atoms with E-state index in [4.69, 9.17) is 13.9 Å². The van der Waals surface area contributed by atoms with E-state index in [0.29, 0.717) is 28.8 Å². The fourth-order valence-corrected chi connectivity index (χ4v) is 2.95. The topological polar surface area (TPSA) is 90.2 Å². The molecule has 0 aliphatic heterocycles. The Labute approximate surface area is 172 Å². The smallest absolute Gasteiger partial charge is 0.328 e. The van der Waals surface area contributed by atoms with Crippen LogP contribution in [0.2, 0.25) is 0 Å². The Bertz CT molecular complexity index is 1200. The van der Waals surface area contributed by atoms with E-state index in [1.165, 1.54) is 12.1 Å². The first kappa shape index (κ1) is 19.6. The Kier molecular flexibility index (Phi) is 5.22. The third kappa shape index (κ3) is 3.76. The molecule has 0 saturated carbocycles. The summed E-state index contributed by atoms with van der Waals surface area (Å²) in [4.78, 5) is 12.9. The summed E-state index contributed by atoms with van der Waals surface area (Å²) in [5, 5.41) is 12.0. The lowest BCUT2D eigenvalue weighted by Gasteiger charge is -2.07. The molecule has 30 heavy (non-hydrogen) atoms. The van der Waals surface area contributed by atoms with Gasteiger partial charge in [-0.25, -0.2) is 9.37 Å². The van der Waals surface area contributed by atoms with Crippen LogP contribution in [0, 0.1) is 19.7 Å². The van der Waals surface area contributed by atoms with Crippen molar-refractivity contribution in [2.75, 3.05) is 6.61 Å². The maximum atomic E-state index is 14.0. The van der Waals surface area contributed by atoms with Crippen LogP contribution in [0.15, 0.2) is 40.8 Å². The molecular weight excluding hydrogens is 389 g/mol. The number of benzene rings is 2. The van der Waals surface area contributed by atoms with E-state index in [0.717, 1.165) is 6.42 Å². The van der Waals surface area contributed by atoms with Gasteiger partial charge in [0.05, 0.1) is 6.61 Å². The van der Waals surface area contributed by atoms with Crippen molar-refractivity contribution in [1.82, 2.24) is 15.0 Å². The summed E-state index contributed by atoms with van der Waals surface area (Å²) in [6.07, 6.45) is 0.753. The number of hydrogen-bond acceptors (Lipinski definition) is 6. The van der Waals surface area contributed by atoms with Crippen molar-refractivity contribution < 1.29 is 23.4 Å². The van der Waals surface area contributed by atoms with Crippen molar-refractivity contribution in [3.63, 3.8) is 0 Å². The Morgan fingerprint density at radius 2 is 1.80 bits per heavy atom. The highest BCUT2D eigenvalue weighted by atomic mass is 19.1. The number of ether oxygens (including phenoxy) is 2. The van der Waals surface area contributed by atoms with Gasteiger partial charge in [-0.15, -0.1) is 0 Å². The average Bonchev–Trinajstić information content (AvgIpc) is 3.16. The van der Waals surface area contributed by atoms with Crippen molar-refractivity contribution in [1.29, 1.82) is 0 Å². The van der Waals surface area contributed by atoms with Crippen LogP contribution in [0.5, 0.6) is 23.4 Å². The van der Waals surface area contributed by atoms with Gasteiger partial charge in [0.2, 0.25) is 5.89 Å². The Hall–Kier alpha value is -3.68. The summed E-state index contributed by atoms with van der Waals surface area (Å²) in [6, 6.07) is 9.23. The molecule has 0 spiro atoms. The molecule has 0 saturated heterocycles. The van der Waals surface area contributed by atoms with Crippen molar-refractivity contribution in [2.24, 2.45) is 0 Å². The molecule has 2 aromatic carbocycles. The van der Waals surface area contributed by atoms with Crippen LogP contribution in [-0.2, 0) is 5.11 Å². The third-order valence-electron chi connectivity index (χ3n) is 4.39. The molecular formula is C22H19FN3O4. The Balaban J connectivity index is 1.80. The molecule has 8 heteroatoms. The predicted molar refractivity (Wildman–Crippen MR) is 107 cm³/mol. The van der Waals surface area contributed by atoms with Crippen LogP contribution in [-0.4, -0.2) is 21.6 Å². The maximum absolute atomic E-state index is 14.0. The van der Waals surface area contributed by atoms with Gasteiger partial charge in [0, 0.05) is 5.56 Å². The number of fused-ring (bicyclic) bond motifs is 1. The molecule has 0 aliphatic rings. The van der Waals surface area contributed by atoms with E-state index in [1.807, 2.05) is 6.92 Å². The monoisotopic (exact) mass is 408 g/mol. The number of para-hydroxylation sites is 1. The first-order chi connectivity index (χ1) is 14.5.